The minimum absolute atomic E-state index is 0.00774. The number of aryl methyl sites for hydroxylation is 1. The Labute approximate surface area is 226 Å². The number of benzene rings is 2. The third kappa shape index (κ3) is 7.29. The first-order chi connectivity index (χ1) is 18.7. The molecule has 0 radical (unpaired) electrons. The van der Waals surface area contributed by atoms with Gasteiger partial charge in [-0.15, -0.1) is 5.10 Å². The third-order valence-electron chi connectivity index (χ3n) is 6.34. The molecule has 5 N–H and O–H groups in total. The predicted octanol–water partition coefficient (Wildman–Crippen LogP) is 2.31. The van der Waals surface area contributed by atoms with Gasteiger partial charge in [0.05, 0.1) is 13.7 Å². The summed E-state index contributed by atoms with van der Waals surface area (Å²) in [4.78, 5) is 31.4. The Morgan fingerprint density at radius 3 is 2.72 bits per heavy atom. The van der Waals surface area contributed by atoms with E-state index in [0.717, 1.165) is 5.56 Å². The van der Waals surface area contributed by atoms with Crippen LogP contribution in [0.1, 0.15) is 39.3 Å². The molecule has 1 saturated heterocycles. The van der Waals surface area contributed by atoms with Gasteiger partial charge in [-0.3, -0.25) is 9.59 Å². The zero-order valence-corrected chi connectivity index (χ0v) is 21.9. The zero-order valence-electron chi connectivity index (χ0n) is 21.9. The van der Waals surface area contributed by atoms with Crippen molar-refractivity contribution in [2.45, 2.75) is 26.4 Å². The highest BCUT2D eigenvalue weighted by Crippen LogP contribution is 2.21. The lowest BCUT2D eigenvalue weighted by Gasteiger charge is -2.19. The smallest absolute Gasteiger partial charge is 0.270 e. The van der Waals surface area contributed by atoms with Gasteiger partial charge in [0.15, 0.2) is 17.4 Å². The first kappa shape index (κ1) is 27.5. The number of carbonyl (C=O) groups excluding carboxylic acids is 2. The predicted molar refractivity (Wildman–Crippen MR) is 145 cm³/mol. The number of amidine groups is 1. The number of nitrogens with two attached hydrogens (primary N) is 2. The van der Waals surface area contributed by atoms with Crippen molar-refractivity contribution in [3.8, 4) is 5.75 Å². The van der Waals surface area contributed by atoms with Gasteiger partial charge in [-0.25, -0.2) is 20.3 Å². The van der Waals surface area contributed by atoms with Crippen LogP contribution in [0.2, 0.25) is 0 Å². The summed E-state index contributed by atoms with van der Waals surface area (Å²) in [7, 11) is 1.38. The monoisotopic (exact) mass is 533 g/mol. The van der Waals surface area contributed by atoms with E-state index in [0.29, 0.717) is 42.9 Å². The molecule has 1 atom stereocenters. The summed E-state index contributed by atoms with van der Waals surface area (Å²) in [6.07, 6.45) is 0.384. The van der Waals surface area contributed by atoms with Gasteiger partial charge in [-0.2, -0.15) is 0 Å². The highest BCUT2D eigenvalue weighted by Gasteiger charge is 2.30. The molecule has 1 aliphatic rings. The van der Waals surface area contributed by atoms with Gasteiger partial charge in [0.25, 0.3) is 5.91 Å². The number of nitrogens with zero attached hydrogens (tertiary/aromatic N) is 4. The Bertz CT molecular complexity index is 1370. The number of pyridine rings is 1. The molecule has 3 aromatic rings. The van der Waals surface area contributed by atoms with Crippen LogP contribution >= 0.6 is 0 Å². The molecule has 4 rings (SSSR count). The van der Waals surface area contributed by atoms with E-state index in [4.69, 9.17) is 16.3 Å². The maximum atomic E-state index is 13.6. The number of hydrogen-bond acceptors (Lipinski definition) is 7. The number of likely N-dealkylation sites (tertiary alicyclic amines) is 1. The number of aromatic nitrogens is 1. The van der Waals surface area contributed by atoms with Crippen LogP contribution in [-0.4, -0.2) is 52.9 Å². The summed E-state index contributed by atoms with van der Waals surface area (Å²) in [5, 5.41) is 8.27. The number of hydrazone groups is 1. The lowest BCUT2D eigenvalue weighted by Crippen LogP contribution is -2.35. The van der Waals surface area contributed by atoms with Crippen molar-refractivity contribution in [2.24, 2.45) is 22.6 Å². The fourth-order valence-electron chi connectivity index (χ4n) is 4.45. The van der Waals surface area contributed by atoms with Crippen LogP contribution in [0.5, 0.6) is 5.75 Å². The second-order valence-corrected chi connectivity index (χ2v) is 9.47. The number of hydrazine groups is 1. The number of methoxy groups -OCH3 is 1. The van der Waals surface area contributed by atoms with Crippen molar-refractivity contribution in [1.29, 1.82) is 0 Å². The normalized spacial score (nSPS) is 15.4. The number of nitrogens with one attached hydrogen (secondary N) is 1. The van der Waals surface area contributed by atoms with Gasteiger partial charge in [0.2, 0.25) is 5.91 Å². The second-order valence-electron chi connectivity index (χ2n) is 9.47. The first-order valence-corrected chi connectivity index (χ1v) is 12.5. The summed E-state index contributed by atoms with van der Waals surface area (Å²) >= 11 is 0. The topological polar surface area (TPSA) is 139 Å². The molecule has 2 amide bonds. The van der Waals surface area contributed by atoms with Gasteiger partial charge >= 0.3 is 0 Å². The van der Waals surface area contributed by atoms with Gasteiger partial charge < -0.3 is 20.7 Å². The highest BCUT2D eigenvalue weighted by atomic mass is 19.1. The Morgan fingerprint density at radius 1 is 1.21 bits per heavy atom. The van der Waals surface area contributed by atoms with Crippen molar-refractivity contribution >= 4 is 17.6 Å². The van der Waals surface area contributed by atoms with Crippen molar-refractivity contribution in [1.82, 2.24) is 20.3 Å². The van der Waals surface area contributed by atoms with Gasteiger partial charge in [-0.1, -0.05) is 36.4 Å². The lowest BCUT2D eigenvalue weighted by atomic mass is 10.1. The molecule has 11 heteroatoms. The number of carbonyl (C=O) groups is 2. The largest absolute Gasteiger partial charge is 0.494 e. The summed E-state index contributed by atoms with van der Waals surface area (Å²) < 4.78 is 18.6. The van der Waals surface area contributed by atoms with E-state index in [9.17, 15) is 14.0 Å². The average molecular weight is 534 g/mol. The summed E-state index contributed by atoms with van der Waals surface area (Å²) in [5.41, 5.74) is 9.17. The van der Waals surface area contributed by atoms with E-state index in [1.807, 2.05) is 35.2 Å². The molecule has 10 nitrogen and oxygen atoms in total. The quantitative estimate of drug-likeness (QED) is 0.157. The summed E-state index contributed by atoms with van der Waals surface area (Å²) in [6.45, 7) is 3.37. The van der Waals surface area contributed by atoms with Gasteiger partial charge in [0.1, 0.15) is 5.69 Å². The van der Waals surface area contributed by atoms with Gasteiger partial charge in [-0.05, 0) is 42.3 Å². The summed E-state index contributed by atoms with van der Waals surface area (Å²) in [6, 6.07) is 17.4. The maximum absolute atomic E-state index is 13.6. The number of hydrogen-bond donors (Lipinski definition) is 3. The SMILES string of the molecule is COc1cc(CNC(=O)c2cc(/C(N)=N/N(N)CC3CC(=O)N(Cc4ccccc4)C3)cc(C)n2)ccc1F. The molecule has 1 unspecified atom stereocenters. The standard InChI is InChI=1S/C28H32FN7O3/c1-18-10-22(13-24(33-18)28(38)32-14-20-8-9-23(29)25(11-20)39-2)27(30)34-36(31)17-21-12-26(37)35(16-21)15-19-6-4-3-5-7-19/h3-11,13,21H,12,14-17,31H2,1-2H3,(H2,30,34)(H,32,38). The third-order valence-corrected chi connectivity index (χ3v) is 6.34. The van der Waals surface area contributed by atoms with Crippen LogP contribution < -0.4 is 21.6 Å². The van der Waals surface area contributed by atoms with Crippen molar-refractivity contribution in [3.05, 3.63) is 94.6 Å². The van der Waals surface area contributed by atoms with Crippen LogP contribution in [0.25, 0.3) is 0 Å². The molecule has 0 saturated carbocycles. The summed E-state index contributed by atoms with van der Waals surface area (Å²) in [5.74, 6) is 5.51. The number of rotatable bonds is 10. The van der Waals surface area contributed by atoms with Crippen LogP contribution in [0, 0.1) is 18.7 Å². The van der Waals surface area contributed by atoms with Crippen LogP contribution in [-0.2, 0) is 17.9 Å². The fraction of sp³-hybridized carbons (Fsp3) is 0.286. The second kappa shape index (κ2) is 12.4. The van der Waals surface area contributed by atoms with E-state index in [-0.39, 0.29) is 35.6 Å². The number of ether oxygens (including phenoxy) is 1. The molecular weight excluding hydrogens is 501 g/mol. The van der Waals surface area contributed by atoms with E-state index in [1.165, 1.54) is 30.4 Å². The molecule has 1 aromatic heterocycles. The molecule has 0 spiro atoms. The minimum atomic E-state index is -0.481. The Hall–Kier alpha value is -4.51. The van der Waals surface area contributed by atoms with Crippen LogP contribution in [0.4, 0.5) is 4.39 Å². The lowest BCUT2D eigenvalue weighted by molar-refractivity contribution is -0.128. The Kier molecular flexibility index (Phi) is 8.72. The van der Waals surface area contributed by atoms with E-state index in [1.54, 1.807) is 19.1 Å². The van der Waals surface area contributed by atoms with Crippen molar-refractivity contribution in [2.75, 3.05) is 20.2 Å². The number of amides is 2. The molecule has 2 aromatic carbocycles. The van der Waals surface area contributed by atoms with E-state index in [2.05, 4.69) is 15.4 Å². The maximum Gasteiger partial charge on any atom is 0.270 e. The average Bonchev–Trinajstić information content (AvgIpc) is 3.25. The zero-order chi connectivity index (χ0) is 27.9. The molecule has 204 valence electrons. The molecule has 0 aliphatic carbocycles. The first-order valence-electron chi connectivity index (χ1n) is 12.5. The molecule has 0 bridgehead atoms. The molecule has 2 heterocycles. The van der Waals surface area contributed by atoms with Crippen molar-refractivity contribution < 1.29 is 18.7 Å². The molecular formula is C28H32FN7O3. The molecule has 39 heavy (non-hydrogen) atoms. The van der Waals surface area contributed by atoms with E-state index >= 15 is 0 Å². The van der Waals surface area contributed by atoms with Crippen LogP contribution in [0.3, 0.4) is 0 Å². The van der Waals surface area contributed by atoms with Crippen LogP contribution in [0.15, 0.2) is 65.8 Å². The minimum Gasteiger partial charge on any atom is -0.494 e. The fourth-order valence-corrected chi connectivity index (χ4v) is 4.45. The Morgan fingerprint density at radius 2 is 1.97 bits per heavy atom. The number of halogens is 1. The Balaban J connectivity index is 1.36. The van der Waals surface area contributed by atoms with Gasteiger partial charge in [0, 0.05) is 43.2 Å². The molecule has 1 fully saturated rings. The van der Waals surface area contributed by atoms with Crippen molar-refractivity contribution in [3.63, 3.8) is 0 Å². The molecule has 1 aliphatic heterocycles. The highest BCUT2D eigenvalue weighted by molar-refractivity contribution is 6.00. The van der Waals surface area contributed by atoms with E-state index < -0.39 is 11.7 Å².